The highest BCUT2D eigenvalue weighted by atomic mass is 79.9. The van der Waals surface area contributed by atoms with E-state index in [1.807, 2.05) is 0 Å². The van der Waals surface area contributed by atoms with E-state index in [2.05, 4.69) is 42.2 Å². The number of rotatable bonds is 6. The second kappa shape index (κ2) is 11.2. The van der Waals surface area contributed by atoms with E-state index in [1.54, 1.807) is 42.5 Å². The minimum absolute atomic E-state index is 0.298. The predicted octanol–water partition coefficient (Wildman–Crippen LogP) is 5.91. The van der Waals surface area contributed by atoms with Gasteiger partial charge in [0.15, 0.2) is 6.61 Å². The van der Waals surface area contributed by atoms with Crippen molar-refractivity contribution in [3.05, 3.63) is 102 Å². The molecule has 208 valence electrons. The zero-order valence-electron chi connectivity index (χ0n) is 20.7. The number of benzene rings is 3. The molecule has 2 unspecified atom stereocenters. The Morgan fingerprint density at radius 2 is 1.68 bits per heavy atom. The van der Waals surface area contributed by atoms with Crippen LogP contribution in [0.5, 0.6) is 5.75 Å². The molecule has 1 fully saturated rings. The number of amides is 3. The van der Waals surface area contributed by atoms with E-state index in [-0.39, 0.29) is 23.3 Å². The average molecular weight is 719 g/mol. The van der Waals surface area contributed by atoms with Crippen molar-refractivity contribution in [3.63, 3.8) is 0 Å². The van der Waals surface area contributed by atoms with Gasteiger partial charge in [-0.25, -0.2) is 9.29 Å². The smallest absolute Gasteiger partial charge is 0.305 e. The summed E-state index contributed by atoms with van der Waals surface area (Å²) in [6, 6.07) is 17.4. The Kier molecular flexibility index (Phi) is 7.62. The zero-order chi connectivity index (χ0) is 28.8. The first kappa shape index (κ1) is 27.9. The summed E-state index contributed by atoms with van der Waals surface area (Å²) in [7, 11) is 0. The zero-order valence-corrected chi connectivity index (χ0v) is 25.5. The molecule has 3 heterocycles. The number of hydrogen-bond donors (Lipinski definition) is 2. The number of anilines is 2. The van der Waals surface area contributed by atoms with Gasteiger partial charge in [0, 0.05) is 31.0 Å². The standard InChI is InChI=1S/C28H18Br2FN3O5S2/c29-13-1-8-17(9-2-13)34-26(36)22-21(23-25(33-28(38)41-23)40-24(22)27(34)37)18-11-14(30)3-10-19(18)39-12-20(35)32-16-6-4-15(31)5-7-16/h1-11,21-22,24H,12H2,(H,32,35)(H,33,38)/t21-,22?,24?/m1/s1. The van der Waals surface area contributed by atoms with Crippen LogP contribution in [-0.2, 0) is 14.4 Å². The van der Waals surface area contributed by atoms with Gasteiger partial charge in [-0.15, -0.1) is 0 Å². The Hall–Kier alpha value is -3.26. The molecule has 2 aliphatic heterocycles. The Labute approximate surface area is 257 Å². The number of nitrogens with zero attached hydrogens (tertiary/aromatic N) is 1. The molecule has 0 saturated carbocycles. The van der Waals surface area contributed by atoms with Crippen molar-refractivity contribution in [3.8, 4) is 5.75 Å². The van der Waals surface area contributed by atoms with Gasteiger partial charge in [-0.3, -0.25) is 19.2 Å². The lowest BCUT2D eigenvalue weighted by Gasteiger charge is -2.31. The normalized spacial score (nSPS) is 19.6. The van der Waals surface area contributed by atoms with Crippen LogP contribution in [0.1, 0.15) is 16.4 Å². The largest absolute Gasteiger partial charge is 0.483 e. The number of aromatic nitrogens is 1. The van der Waals surface area contributed by atoms with Crippen LogP contribution >= 0.6 is 55.0 Å². The quantitative estimate of drug-likeness (QED) is 0.240. The molecule has 41 heavy (non-hydrogen) atoms. The summed E-state index contributed by atoms with van der Waals surface area (Å²) in [5.74, 6) is -2.83. The van der Waals surface area contributed by atoms with Crippen LogP contribution in [-0.4, -0.2) is 34.6 Å². The molecule has 0 aliphatic carbocycles. The molecule has 0 bridgehead atoms. The highest BCUT2D eigenvalue weighted by Crippen LogP contribution is 2.54. The van der Waals surface area contributed by atoms with E-state index in [9.17, 15) is 23.6 Å². The molecule has 0 spiro atoms. The highest BCUT2D eigenvalue weighted by Gasteiger charge is 2.56. The number of thioether (sulfide) groups is 1. The summed E-state index contributed by atoms with van der Waals surface area (Å²) < 4.78 is 20.7. The van der Waals surface area contributed by atoms with Crippen molar-refractivity contribution in [1.29, 1.82) is 0 Å². The second-order valence-corrected chi connectivity index (χ2v) is 13.3. The number of carbonyl (C=O) groups excluding carboxylic acids is 3. The van der Waals surface area contributed by atoms with Crippen molar-refractivity contribution >= 4 is 84.1 Å². The maximum atomic E-state index is 14.0. The molecule has 3 aromatic carbocycles. The molecule has 6 rings (SSSR count). The molecule has 8 nitrogen and oxygen atoms in total. The minimum Gasteiger partial charge on any atom is -0.483 e. The van der Waals surface area contributed by atoms with E-state index in [1.165, 1.54) is 40.9 Å². The van der Waals surface area contributed by atoms with E-state index >= 15 is 0 Å². The Morgan fingerprint density at radius 3 is 2.41 bits per heavy atom. The number of fused-ring (bicyclic) bond motifs is 2. The number of ether oxygens (including phenoxy) is 1. The maximum Gasteiger partial charge on any atom is 0.305 e. The molecular formula is C28H18Br2FN3O5S2. The van der Waals surface area contributed by atoms with Crippen LogP contribution in [0.3, 0.4) is 0 Å². The lowest BCUT2D eigenvalue weighted by atomic mass is 9.82. The summed E-state index contributed by atoms with van der Waals surface area (Å²) in [6.45, 7) is -0.365. The Balaban J connectivity index is 1.36. The van der Waals surface area contributed by atoms with Crippen molar-refractivity contribution in [2.24, 2.45) is 5.92 Å². The van der Waals surface area contributed by atoms with E-state index < -0.39 is 28.8 Å². The fourth-order valence-electron chi connectivity index (χ4n) is 4.96. The summed E-state index contributed by atoms with van der Waals surface area (Å²) in [5, 5.41) is 2.41. The molecule has 2 aliphatic rings. The van der Waals surface area contributed by atoms with Crippen LogP contribution in [0.4, 0.5) is 15.8 Å². The fourth-order valence-corrected chi connectivity index (χ4v) is 8.11. The Bertz CT molecular complexity index is 1740. The van der Waals surface area contributed by atoms with Crippen LogP contribution < -0.4 is 19.8 Å². The second-order valence-electron chi connectivity index (χ2n) is 9.26. The summed E-state index contributed by atoms with van der Waals surface area (Å²) in [4.78, 5) is 57.1. The van der Waals surface area contributed by atoms with Gasteiger partial charge in [0.25, 0.3) is 5.91 Å². The summed E-state index contributed by atoms with van der Waals surface area (Å²) in [6.07, 6.45) is 0. The highest BCUT2D eigenvalue weighted by molar-refractivity contribution is 9.10. The van der Waals surface area contributed by atoms with Crippen LogP contribution in [0.25, 0.3) is 0 Å². The number of halogens is 3. The molecule has 13 heteroatoms. The van der Waals surface area contributed by atoms with Gasteiger partial charge >= 0.3 is 4.87 Å². The average Bonchev–Trinajstić information content (AvgIpc) is 3.44. The van der Waals surface area contributed by atoms with Gasteiger partial charge in [-0.1, -0.05) is 55.0 Å². The first-order valence-corrected chi connectivity index (χ1v) is 15.5. The third-order valence-electron chi connectivity index (χ3n) is 6.70. The predicted molar refractivity (Wildman–Crippen MR) is 161 cm³/mol. The van der Waals surface area contributed by atoms with Gasteiger partial charge in [-0.2, -0.15) is 0 Å². The Morgan fingerprint density at radius 1 is 0.976 bits per heavy atom. The first-order valence-electron chi connectivity index (χ1n) is 12.2. The van der Waals surface area contributed by atoms with Gasteiger partial charge in [0.2, 0.25) is 11.8 Å². The van der Waals surface area contributed by atoms with Crippen molar-refractivity contribution in [2.75, 3.05) is 16.8 Å². The molecule has 1 aromatic heterocycles. The fraction of sp³-hybridized carbons (Fsp3) is 0.143. The van der Waals surface area contributed by atoms with Crippen LogP contribution in [0, 0.1) is 11.7 Å². The summed E-state index contributed by atoms with van der Waals surface area (Å²) >= 11 is 9.04. The van der Waals surface area contributed by atoms with Crippen LogP contribution in [0.15, 0.2) is 85.5 Å². The van der Waals surface area contributed by atoms with Gasteiger partial charge in [0.05, 0.1) is 16.6 Å². The third-order valence-corrected chi connectivity index (χ3v) is 10.1. The molecule has 2 N–H and O–H groups in total. The maximum absolute atomic E-state index is 14.0. The van der Waals surface area contributed by atoms with Crippen molar-refractivity contribution in [1.82, 2.24) is 4.98 Å². The van der Waals surface area contributed by atoms with Gasteiger partial charge < -0.3 is 15.0 Å². The minimum atomic E-state index is -0.820. The third kappa shape index (κ3) is 5.39. The lowest BCUT2D eigenvalue weighted by Crippen LogP contribution is -2.32. The molecule has 4 aromatic rings. The van der Waals surface area contributed by atoms with E-state index in [0.29, 0.717) is 37.1 Å². The summed E-state index contributed by atoms with van der Waals surface area (Å²) in [5.41, 5.74) is 1.42. The van der Waals surface area contributed by atoms with Crippen molar-refractivity contribution in [2.45, 2.75) is 16.2 Å². The number of thiazole rings is 1. The van der Waals surface area contributed by atoms with Crippen LogP contribution in [0.2, 0.25) is 0 Å². The first-order chi connectivity index (χ1) is 19.7. The lowest BCUT2D eigenvalue weighted by molar-refractivity contribution is -0.122. The number of imide groups is 1. The van der Waals surface area contributed by atoms with Crippen molar-refractivity contribution < 1.29 is 23.5 Å². The molecule has 1 saturated heterocycles. The number of carbonyl (C=O) groups is 3. The number of nitrogens with one attached hydrogen (secondary N) is 2. The van der Waals surface area contributed by atoms with E-state index in [0.717, 1.165) is 15.8 Å². The van der Waals surface area contributed by atoms with Gasteiger partial charge in [-0.05, 0) is 66.7 Å². The molecular weight excluding hydrogens is 701 g/mol. The number of aromatic amines is 1. The van der Waals surface area contributed by atoms with E-state index in [4.69, 9.17) is 4.74 Å². The monoisotopic (exact) mass is 717 g/mol. The topological polar surface area (TPSA) is 109 Å². The number of hydrogen-bond acceptors (Lipinski definition) is 7. The number of H-pyrrole nitrogens is 1. The SMILES string of the molecule is O=C(COc1ccc(Br)cc1[C@H]1c2sc(=O)[nH]c2SC2C(=O)N(c3ccc(Br)cc3)C(=O)C21)Nc1ccc(F)cc1. The van der Waals surface area contributed by atoms with Gasteiger partial charge in [0.1, 0.15) is 16.8 Å². The molecule has 0 radical (unpaired) electrons. The molecule has 3 amide bonds. The molecule has 3 atom stereocenters.